The van der Waals surface area contributed by atoms with Crippen LogP contribution >= 0.6 is 0 Å². The first-order valence-electron chi connectivity index (χ1n) is 8.85. The monoisotopic (exact) mass is 388 g/mol. The van der Waals surface area contributed by atoms with Crippen LogP contribution in [-0.4, -0.2) is 53.0 Å². The molecule has 7 nitrogen and oxygen atoms in total. The molecule has 1 aromatic carbocycles. The molecule has 2 aromatic rings. The van der Waals surface area contributed by atoms with E-state index in [1.165, 1.54) is 19.1 Å². The van der Waals surface area contributed by atoms with Crippen LogP contribution in [0.4, 0.5) is 20.3 Å². The van der Waals surface area contributed by atoms with Gasteiger partial charge in [0, 0.05) is 44.2 Å². The van der Waals surface area contributed by atoms with Gasteiger partial charge in [0.25, 0.3) is 5.91 Å². The number of rotatable bonds is 2. The van der Waals surface area contributed by atoms with E-state index in [9.17, 15) is 19.1 Å². The topological polar surface area (TPSA) is 77.0 Å². The number of carbonyl (C=O) groups is 2. The van der Waals surface area contributed by atoms with E-state index in [4.69, 9.17) is 0 Å². The molecule has 1 atom stereocenters. The summed E-state index contributed by atoms with van der Waals surface area (Å²) in [5.74, 6) is -2.92. The van der Waals surface area contributed by atoms with Crippen molar-refractivity contribution in [1.82, 2.24) is 9.88 Å². The van der Waals surface area contributed by atoms with Gasteiger partial charge in [0.15, 0.2) is 23.7 Å². The van der Waals surface area contributed by atoms with E-state index in [0.717, 1.165) is 6.20 Å². The van der Waals surface area contributed by atoms with Crippen LogP contribution < -0.4 is 9.80 Å². The molecule has 0 spiro atoms. The molecule has 0 bridgehead atoms. The summed E-state index contributed by atoms with van der Waals surface area (Å²) in [5.41, 5.74) is -0.144. The van der Waals surface area contributed by atoms with Gasteiger partial charge in [-0.1, -0.05) is 18.2 Å². The summed E-state index contributed by atoms with van der Waals surface area (Å²) in [5, 5.41) is 10.5. The molecule has 0 radical (unpaired) electrons. The fourth-order valence-corrected chi connectivity index (χ4v) is 3.64. The lowest BCUT2D eigenvalue weighted by Crippen LogP contribution is -2.48. The third-order valence-electron chi connectivity index (χ3n) is 5.13. The highest BCUT2D eigenvalue weighted by molar-refractivity contribution is 6.11. The average Bonchev–Trinajstić information content (AvgIpc) is 2.94. The molecule has 146 valence electrons. The maximum atomic E-state index is 15.3. The van der Waals surface area contributed by atoms with Crippen molar-refractivity contribution in [2.75, 3.05) is 36.0 Å². The number of halogens is 2. The Balaban J connectivity index is 1.69. The Morgan fingerprint density at radius 2 is 1.86 bits per heavy atom. The van der Waals surface area contributed by atoms with E-state index in [1.54, 1.807) is 21.9 Å². The SMILES string of the molecule is CC(=O)N1CCN(c2ncc(F)c(N3C(=O)c4ccccc4C3O)c2F)CC1. The molecule has 0 saturated carbocycles. The summed E-state index contributed by atoms with van der Waals surface area (Å²) in [6, 6.07) is 6.29. The number of benzene rings is 1. The van der Waals surface area contributed by atoms with Crippen LogP contribution in [0.2, 0.25) is 0 Å². The number of hydrogen-bond donors (Lipinski definition) is 1. The molecule has 2 amide bonds. The minimum absolute atomic E-state index is 0.0728. The molecule has 0 aliphatic carbocycles. The van der Waals surface area contributed by atoms with Gasteiger partial charge in [-0.05, 0) is 6.07 Å². The summed E-state index contributed by atoms with van der Waals surface area (Å²) in [6.07, 6.45) is -0.647. The second-order valence-corrected chi connectivity index (χ2v) is 6.72. The highest BCUT2D eigenvalue weighted by atomic mass is 19.1. The van der Waals surface area contributed by atoms with E-state index < -0.39 is 29.5 Å². The zero-order valence-corrected chi connectivity index (χ0v) is 15.1. The molecular formula is C19H18F2N4O3. The summed E-state index contributed by atoms with van der Waals surface area (Å²) in [6.45, 7) is 2.89. The fraction of sp³-hybridized carbons (Fsp3) is 0.316. The quantitative estimate of drug-likeness (QED) is 0.847. The molecule has 28 heavy (non-hydrogen) atoms. The van der Waals surface area contributed by atoms with E-state index in [1.807, 2.05) is 0 Å². The Labute approximate surface area is 159 Å². The number of piperazine rings is 1. The Morgan fingerprint density at radius 3 is 2.50 bits per heavy atom. The molecule has 4 rings (SSSR count). The third kappa shape index (κ3) is 2.78. The molecule has 1 fully saturated rings. The molecule has 2 aliphatic heterocycles. The first-order chi connectivity index (χ1) is 13.4. The van der Waals surface area contributed by atoms with E-state index in [-0.39, 0.29) is 17.3 Å². The van der Waals surface area contributed by atoms with Gasteiger partial charge in [-0.15, -0.1) is 0 Å². The molecular weight excluding hydrogens is 370 g/mol. The van der Waals surface area contributed by atoms with E-state index in [0.29, 0.717) is 36.6 Å². The van der Waals surface area contributed by atoms with Gasteiger partial charge in [0.2, 0.25) is 5.91 Å². The number of aliphatic hydroxyl groups excluding tert-OH is 1. The van der Waals surface area contributed by atoms with Crippen LogP contribution in [0, 0.1) is 11.6 Å². The Hall–Kier alpha value is -3.07. The van der Waals surface area contributed by atoms with Crippen molar-refractivity contribution in [2.24, 2.45) is 0 Å². The molecule has 1 N–H and O–H groups in total. The normalized spacial score (nSPS) is 19.2. The summed E-state index contributed by atoms with van der Waals surface area (Å²) < 4.78 is 29.8. The van der Waals surface area contributed by atoms with Crippen molar-refractivity contribution in [2.45, 2.75) is 13.2 Å². The second kappa shape index (κ2) is 6.83. The molecule has 9 heteroatoms. The van der Waals surface area contributed by atoms with Gasteiger partial charge >= 0.3 is 0 Å². The Morgan fingerprint density at radius 1 is 1.18 bits per heavy atom. The molecule has 1 unspecified atom stereocenters. The van der Waals surface area contributed by atoms with Crippen LogP contribution in [0.25, 0.3) is 0 Å². The van der Waals surface area contributed by atoms with Gasteiger partial charge in [0.05, 0.1) is 6.20 Å². The lowest BCUT2D eigenvalue weighted by molar-refractivity contribution is -0.129. The first kappa shape index (κ1) is 18.3. The number of hydrogen-bond acceptors (Lipinski definition) is 5. The Kier molecular flexibility index (Phi) is 4.46. The minimum Gasteiger partial charge on any atom is -0.369 e. The highest BCUT2D eigenvalue weighted by Crippen LogP contribution is 2.40. The van der Waals surface area contributed by atoms with Crippen LogP contribution in [0.5, 0.6) is 0 Å². The van der Waals surface area contributed by atoms with Crippen molar-refractivity contribution >= 4 is 23.3 Å². The lowest BCUT2D eigenvalue weighted by Gasteiger charge is -2.35. The highest BCUT2D eigenvalue weighted by Gasteiger charge is 2.40. The number of aromatic nitrogens is 1. The van der Waals surface area contributed by atoms with Gasteiger partial charge in [-0.3, -0.25) is 14.5 Å². The molecule has 1 saturated heterocycles. The van der Waals surface area contributed by atoms with Crippen molar-refractivity contribution in [3.05, 3.63) is 53.2 Å². The second-order valence-electron chi connectivity index (χ2n) is 6.72. The number of aliphatic hydroxyl groups is 1. The zero-order chi connectivity index (χ0) is 20.0. The zero-order valence-electron chi connectivity index (χ0n) is 15.1. The van der Waals surface area contributed by atoms with Crippen molar-refractivity contribution in [1.29, 1.82) is 0 Å². The summed E-state index contributed by atoms with van der Waals surface area (Å²) in [4.78, 5) is 31.9. The first-order valence-corrected chi connectivity index (χ1v) is 8.85. The van der Waals surface area contributed by atoms with Crippen molar-refractivity contribution in [3.8, 4) is 0 Å². The summed E-state index contributed by atoms with van der Waals surface area (Å²) >= 11 is 0. The fourth-order valence-electron chi connectivity index (χ4n) is 3.64. The van der Waals surface area contributed by atoms with Gasteiger partial charge in [-0.2, -0.15) is 0 Å². The van der Waals surface area contributed by atoms with Gasteiger partial charge in [0.1, 0.15) is 5.69 Å². The largest absolute Gasteiger partial charge is 0.369 e. The van der Waals surface area contributed by atoms with E-state index >= 15 is 4.39 Å². The Bertz CT molecular complexity index is 960. The number of anilines is 2. The average molecular weight is 388 g/mol. The van der Waals surface area contributed by atoms with Gasteiger partial charge in [-0.25, -0.2) is 13.8 Å². The maximum absolute atomic E-state index is 15.3. The predicted octanol–water partition coefficient (Wildman–Crippen LogP) is 1.68. The minimum atomic E-state index is -1.49. The lowest BCUT2D eigenvalue weighted by atomic mass is 10.1. The number of fused-ring (bicyclic) bond motifs is 1. The van der Waals surface area contributed by atoms with Crippen molar-refractivity contribution in [3.63, 3.8) is 0 Å². The molecule has 2 aliphatic rings. The van der Waals surface area contributed by atoms with E-state index in [2.05, 4.69) is 4.98 Å². The number of amides is 2. The standard InChI is InChI=1S/C19H18F2N4O3/c1-11(26)23-6-8-24(9-7-23)17-15(21)16(14(20)10-22-17)25-18(27)12-4-2-3-5-13(12)19(25)28/h2-5,10,18,27H,6-9H2,1H3. The third-order valence-corrected chi connectivity index (χ3v) is 5.13. The number of pyridine rings is 1. The van der Waals surface area contributed by atoms with Crippen LogP contribution in [-0.2, 0) is 4.79 Å². The number of nitrogens with zero attached hydrogens (tertiary/aromatic N) is 4. The van der Waals surface area contributed by atoms with Crippen LogP contribution in [0.1, 0.15) is 29.1 Å². The smallest absolute Gasteiger partial charge is 0.261 e. The van der Waals surface area contributed by atoms with Crippen molar-refractivity contribution < 1.29 is 23.5 Å². The summed E-state index contributed by atoms with van der Waals surface area (Å²) in [7, 11) is 0. The maximum Gasteiger partial charge on any atom is 0.261 e. The predicted molar refractivity (Wildman–Crippen MR) is 96.8 cm³/mol. The van der Waals surface area contributed by atoms with Crippen LogP contribution in [0.15, 0.2) is 30.5 Å². The van der Waals surface area contributed by atoms with Gasteiger partial charge < -0.3 is 14.9 Å². The molecule has 1 aromatic heterocycles. The number of carbonyl (C=O) groups excluding carboxylic acids is 2. The van der Waals surface area contributed by atoms with Crippen LogP contribution in [0.3, 0.4) is 0 Å². The molecule has 3 heterocycles.